The van der Waals surface area contributed by atoms with E-state index in [0.29, 0.717) is 19.6 Å². The fourth-order valence-electron chi connectivity index (χ4n) is 1.74. The van der Waals surface area contributed by atoms with E-state index in [-0.39, 0.29) is 5.41 Å². The maximum Gasteiger partial charge on any atom is 0.0765 e. The zero-order valence-electron chi connectivity index (χ0n) is 12.7. The molecule has 19 heavy (non-hydrogen) atoms. The number of ether oxygens (including phenoxy) is 1. The molecular formula is C15H27NO2S. The van der Waals surface area contributed by atoms with E-state index in [1.165, 1.54) is 9.75 Å². The molecule has 1 unspecified atom stereocenters. The molecule has 0 fully saturated rings. The van der Waals surface area contributed by atoms with Crippen LogP contribution in [0.15, 0.2) is 12.1 Å². The highest BCUT2D eigenvalue weighted by atomic mass is 32.1. The molecule has 1 aromatic heterocycles. The minimum atomic E-state index is -0.708. The van der Waals surface area contributed by atoms with Gasteiger partial charge in [-0.2, -0.15) is 0 Å². The van der Waals surface area contributed by atoms with Crippen LogP contribution in [0.4, 0.5) is 0 Å². The molecule has 0 aliphatic carbocycles. The standard InChI is InChI=1S/C15H27NO2S/c1-14(2,3)13-7-6-12(19-13)10-16-11-15(4,17)8-9-18-5/h6-7,16-17H,8-11H2,1-5H3. The second kappa shape index (κ2) is 6.84. The second-order valence-corrected chi connectivity index (χ2v) is 7.53. The lowest BCUT2D eigenvalue weighted by Crippen LogP contribution is -2.38. The number of hydrogen-bond acceptors (Lipinski definition) is 4. The Morgan fingerprint density at radius 1 is 1.26 bits per heavy atom. The van der Waals surface area contributed by atoms with E-state index in [4.69, 9.17) is 4.74 Å². The van der Waals surface area contributed by atoms with Crippen molar-refractivity contribution in [2.24, 2.45) is 0 Å². The first-order valence-corrected chi connectivity index (χ1v) is 7.57. The molecule has 0 aromatic carbocycles. The van der Waals surface area contributed by atoms with E-state index >= 15 is 0 Å². The average molecular weight is 285 g/mol. The summed E-state index contributed by atoms with van der Waals surface area (Å²) >= 11 is 1.84. The fraction of sp³-hybridized carbons (Fsp3) is 0.733. The average Bonchev–Trinajstić information content (AvgIpc) is 2.74. The largest absolute Gasteiger partial charge is 0.389 e. The van der Waals surface area contributed by atoms with Gasteiger partial charge in [-0.05, 0) is 24.5 Å². The SMILES string of the molecule is COCCC(C)(O)CNCc1ccc(C(C)(C)C)s1. The van der Waals surface area contributed by atoms with E-state index in [2.05, 4.69) is 38.2 Å². The number of thiophene rings is 1. The minimum Gasteiger partial charge on any atom is -0.389 e. The molecule has 0 saturated heterocycles. The van der Waals surface area contributed by atoms with Crippen molar-refractivity contribution in [1.82, 2.24) is 5.32 Å². The monoisotopic (exact) mass is 285 g/mol. The highest BCUT2D eigenvalue weighted by molar-refractivity contribution is 7.12. The van der Waals surface area contributed by atoms with Crippen LogP contribution >= 0.6 is 11.3 Å². The van der Waals surface area contributed by atoms with Crippen molar-refractivity contribution in [1.29, 1.82) is 0 Å². The van der Waals surface area contributed by atoms with Crippen LogP contribution in [-0.2, 0) is 16.7 Å². The molecule has 3 nitrogen and oxygen atoms in total. The van der Waals surface area contributed by atoms with Crippen LogP contribution in [0.3, 0.4) is 0 Å². The van der Waals surface area contributed by atoms with Crippen LogP contribution in [-0.4, -0.2) is 31.0 Å². The third kappa shape index (κ3) is 6.04. The Labute approximate surface area is 121 Å². The van der Waals surface area contributed by atoms with Gasteiger partial charge in [0.15, 0.2) is 0 Å². The van der Waals surface area contributed by atoms with Crippen molar-refractivity contribution < 1.29 is 9.84 Å². The summed E-state index contributed by atoms with van der Waals surface area (Å²) in [6.07, 6.45) is 0.647. The van der Waals surface area contributed by atoms with Crippen molar-refractivity contribution in [3.05, 3.63) is 21.9 Å². The Morgan fingerprint density at radius 2 is 1.95 bits per heavy atom. The van der Waals surface area contributed by atoms with Gasteiger partial charge in [-0.25, -0.2) is 0 Å². The normalized spacial score (nSPS) is 15.5. The zero-order chi connectivity index (χ0) is 14.5. The minimum absolute atomic E-state index is 0.215. The first-order chi connectivity index (χ1) is 8.74. The highest BCUT2D eigenvalue weighted by Gasteiger charge is 2.20. The highest BCUT2D eigenvalue weighted by Crippen LogP contribution is 2.29. The Balaban J connectivity index is 2.39. The first kappa shape index (κ1) is 16.6. The summed E-state index contributed by atoms with van der Waals surface area (Å²) in [6, 6.07) is 4.37. The molecule has 2 N–H and O–H groups in total. The molecule has 0 saturated carbocycles. The molecule has 0 amide bonds. The topological polar surface area (TPSA) is 41.5 Å². The van der Waals surface area contributed by atoms with E-state index in [9.17, 15) is 5.11 Å². The summed E-state index contributed by atoms with van der Waals surface area (Å²) in [5.74, 6) is 0. The lowest BCUT2D eigenvalue weighted by Gasteiger charge is -2.23. The van der Waals surface area contributed by atoms with E-state index in [0.717, 1.165) is 6.54 Å². The molecule has 1 heterocycles. The summed E-state index contributed by atoms with van der Waals surface area (Å²) in [7, 11) is 1.66. The second-order valence-electron chi connectivity index (χ2n) is 6.36. The smallest absolute Gasteiger partial charge is 0.0765 e. The van der Waals surface area contributed by atoms with Crippen molar-refractivity contribution >= 4 is 11.3 Å². The summed E-state index contributed by atoms with van der Waals surface area (Å²) in [5, 5.41) is 13.4. The molecule has 4 heteroatoms. The van der Waals surface area contributed by atoms with Gasteiger partial charge < -0.3 is 15.2 Å². The number of nitrogens with one attached hydrogen (secondary N) is 1. The predicted octanol–water partition coefficient (Wildman–Crippen LogP) is 2.92. The molecule has 1 aromatic rings. The number of aliphatic hydroxyl groups is 1. The summed E-state index contributed by atoms with van der Waals surface area (Å²) in [4.78, 5) is 2.71. The van der Waals surface area contributed by atoms with Crippen LogP contribution in [0.2, 0.25) is 0 Å². The van der Waals surface area contributed by atoms with Gasteiger partial charge in [-0.15, -0.1) is 11.3 Å². The number of methoxy groups -OCH3 is 1. The van der Waals surface area contributed by atoms with E-state index < -0.39 is 5.60 Å². The van der Waals surface area contributed by atoms with E-state index in [1.807, 2.05) is 18.3 Å². The molecule has 1 atom stereocenters. The number of rotatable bonds is 7. The molecule has 0 bridgehead atoms. The summed E-state index contributed by atoms with van der Waals surface area (Å²) in [6.45, 7) is 10.5. The lowest BCUT2D eigenvalue weighted by molar-refractivity contribution is 0.0248. The van der Waals surface area contributed by atoms with Crippen LogP contribution in [0.1, 0.15) is 43.9 Å². The van der Waals surface area contributed by atoms with Gasteiger partial charge in [-0.1, -0.05) is 20.8 Å². The molecule has 110 valence electrons. The third-order valence-corrected chi connectivity index (χ3v) is 4.56. The molecule has 0 spiro atoms. The molecule has 0 radical (unpaired) electrons. The Bertz CT molecular complexity index is 380. The lowest BCUT2D eigenvalue weighted by atomic mass is 9.95. The van der Waals surface area contributed by atoms with Crippen LogP contribution in [0.25, 0.3) is 0 Å². The molecule has 0 aliphatic rings. The van der Waals surface area contributed by atoms with Crippen molar-refractivity contribution in [2.45, 2.75) is 51.7 Å². The quantitative estimate of drug-likeness (QED) is 0.809. The Hall–Kier alpha value is -0.420. The first-order valence-electron chi connectivity index (χ1n) is 6.76. The third-order valence-electron chi connectivity index (χ3n) is 3.05. The molecule has 0 aliphatic heterocycles. The maximum absolute atomic E-state index is 10.1. The van der Waals surface area contributed by atoms with Gasteiger partial charge in [0, 0.05) is 43.0 Å². The van der Waals surface area contributed by atoms with Gasteiger partial charge in [0.1, 0.15) is 0 Å². The zero-order valence-corrected chi connectivity index (χ0v) is 13.6. The van der Waals surface area contributed by atoms with Gasteiger partial charge >= 0.3 is 0 Å². The summed E-state index contributed by atoms with van der Waals surface area (Å²) < 4.78 is 5.00. The van der Waals surface area contributed by atoms with Gasteiger partial charge in [0.05, 0.1) is 5.60 Å². The van der Waals surface area contributed by atoms with Crippen molar-refractivity contribution in [3.63, 3.8) is 0 Å². The summed E-state index contributed by atoms with van der Waals surface area (Å²) in [5.41, 5.74) is -0.493. The molecule has 1 rings (SSSR count). The van der Waals surface area contributed by atoms with Gasteiger partial charge in [-0.3, -0.25) is 0 Å². The number of hydrogen-bond donors (Lipinski definition) is 2. The fourth-order valence-corrected chi connectivity index (χ4v) is 2.78. The Morgan fingerprint density at radius 3 is 2.47 bits per heavy atom. The van der Waals surface area contributed by atoms with Crippen molar-refractivity contribution in [2.75, 3.05) is 20.3 Å². The van der Waals surface area contributed by atoms with Crippen molar-refractivity contribution in [3.8, 4) is 0 Å². The van der Waals surface area contributed by atoms with Gasteiger partial charge in [0.2, 0.25) is 0 Å². The maximum atomic E-state index is 10.1. The van der Waals surface area contributed by atoms with Gasteiger partial charge in [0.25, 0.3) is 0 Å². The van der Waals surface area contributed by atoms with Crippen LogP contribution < -0.4 is 5.32 Å². The van der Waals surface area contributed by atoms with E-state index in [1.54, 1.807) is 7.11 Å². The molecular weight excluding hydrogens is 258 g/mol. The Kier molecular flexibility index (Phi) is 5.99. The van der Waals surface area contributed by atoms with Crippen LogP contribution in [0.5, 0.6) is 0 Å². The van der Waals surface area contributed by atoms with Crippen LogP contribution in [0, 0.1) is 0 Å². The predicted molar refractivity (Wildman–Crippen MR) is 81.8 cm³/mol.